The molecule has 0 unspecified atom stereocenters. The van der Waals surface area contributed by atoms with E-state index in [9.17, 15) is 5.11 Å². The molecule has 1 aromatic carbocycles. The summed E-state index contributed by atoms with van der Waals surface area (Å²) >= 11 is 0. The number of ether oxygens (including phenoxy) is 1. The van der Waals surface area contributed by atoms with Gasteiger partial charge in [0.1, 0.15) is 12.1 Å². The van der Waals surface area contributed by atoms with Crippen LogP contribution in [0.5, 0.6) is 5.75 Å². The van der Waals surface area contributed by atoms with E-state index in [4.69, 9.17) is 9.72 Å². The molecule has 0 saturated heterocycles. The molecule has 2 aromatic heterocycles. The molecule has 1 aliphatic rings. The number of aliphatic hydroxyl groups is 1. The first kappa shape index (κ1) is 21.4. The van der Waals surface area contributed by atoms with E-state index in [-0.39, 0.29) is 12.1 Å². The normalized spacial score (nSPS) is 19.0. The monoisotopic (exact) mass is 424 g/mol. The summed E-state index contributed by atoms with van der Waals surface area (Å²) in [5, 5.41) is 16.8. The maximum absolute atomic E-state index is 9.80. The van der Waals surface area contributed by atoms with Gasteiger partial charge in [-0.15, -0.1) is 0 Å². The lowest BCUT2D eigenvalue weighted by Gasteiger charge is -2.27. The van der Waals surface area contributed by atoms with E-state index < -0.39 is 0 Å². The largest absolute Gasteiger partial charge is 0.497 e. The van der Waals surface area contributed by atoms with E-state index in [2.05, 4.69) is 51.1 Å². The van der Waals surface area contributed by atoms with Gasteiger partial charge in [0.2, 0.25) is 5.95 Å². The summed E-state index contributed by atoms with van der Waals surface area (Å²) in [6.07, 6.45) is 5.85. The smallest absolute Gasteiger partial charge is 0.205 e. The molecule has 1 saturated carbocycles. The number of hydrogen-bond donors (Lipinski definition) is 3. The van der Waals surface area contributed by atoms with Crippen molar-refractivity contribution in [1.82, 2.24) is 19.5 Å². The van der Waals surface area contributed by atoms with Crippen molar-refractivity contribution in [1.29, 1.82) is 0 Å². The van der Waals surface area contributed by atoms with Crippen LogP contribution in [0.15, 0.2) is 30.6 Å². The van der Waals surface area contributed by atoms with Gasteiger partial charge >= 0.3 is 0 Å². The average molecular weight is 425 g/mol. The van der Waals surface area contributed by atoms with Gasteiger partial charge in [0.05, 0.1) is 13.2 Å². The predicted molar refractivity (Wildman–Crippen MR) is 123 cm³/mol. The number of methoxy groups -OCH3 is 1. The van der Waals surface area contributed by atoms with Crippen molar-refractivity contribution in [2.45, 2.75) is 64.1 Å². The molecule has 0 radical (unpaired) electrons. The first-order valence-electron chi connectivity index (χ1n) is 11.1. The summed E-state index contributed by atoms with van der Waals surface area (Å²) in [6, 6.07) is 8.63. The number of aliphatic hydroxyl groups excluding tert-OH is 1. The van der Waals surface area contributed by atoms with Gasteiger partial charge < -0.3 is 20.5 Å². The number of benzene rings is 1. The highest BCUT2D eigenvalue weighted by molar-refractivity contribution is 5.85. The zero-order chi connectivity index (χ0) is 21.8. The Morgan fingerprint density at radius 2 is 1.87 bits per heavy atom. The molecule has 0 aliphatic heterocycles. The molecule has 3 N–H and O–H groups in total. The number of nitrogens with one attached hydrogen (secondary N) is 2. The molecule has 8 nitrogen and oxygen atoms in total. The second-order valence-electron chi connectivity index (χ2n) is 8.47. The fraction of sp³-hybridized carbons (Fsp3) is 0.522. The van der Waals surface area contributed by atoms with Crippen LogP contribution in [0.2, 0.25) is 0 Å². The van der Waals surface area contributed by atoms with Crippen molar-refractivity contribution < 1.29 is 9.84 Å². The third kappa shape index (κ3) is 4.90. The van der Waals surface area contributed by atoms with E-state index in [1.165, 1.54) is 5.56 Å². The standard InChI is InChI=1S/C23H32N6O2/c1-15(2)29-22-20(28-23(29)27-17-6-8-18(30)9-7-17)21(25-14-26-22)24-13-12-16-4-10-19(31-3)11-5-16/h4-5,10-11,14-15,17-18,30H,6-9,12-13H2,1-3H3,(H,27,28)(H,24,25,26). The molecule has 0 spiro atoms. The SMILES string of the molecule is COc1ccc(CCNc2ncnc3c2nc(NC2CCC(O)CC2)n3C(C)C)cc1. The van der Waals surface area contributed by atoms with E-state index in [0.29, 0.717) is 6.04 Å². The Bertz CT molecular complexity index is 993. The molecule has 0 atom stereocenters. The van der Waals surface area contributed by atoms with E-state index in [1.807, 2.05) is 12.1 Å². The fourth-order valence-corrected chi connectivity index (χ4v) is 4.15. The molecule has 2 heterocycles. The van der Waals surface area contributed by atoms with Crippen LogP contribution in [-0.4, -0.2) is 50.4 Å². The van der Waals surface area contributed by atoms with Gasteiger partial charge in [-0.3, -0.25) is 4.57 Å². The van der Waals surface area contributed by atoms with Crippen LogP contribution in [0, 0.1) is 0 Å². The molecule has 1 aliphatic carbocycles. The van der Waals surface area contributed by atoms with Crippen molar-refractivity contribution in [3.05, 3.63) is 36.2 Å². The van der Waals surface area contributed by atoms with Gasteiger partial charge in [0.15, 0.2) is 17.0 Å². The minimum Gasteiger partial charge on any atom is -0.497 e. The Morgan fingerprint density at radius 1 is 1.13 bits per heavy atom. The molecular formula is C23H32N6O2. The van der Waals surface area contributed by atoms with Gasteiger partial charge in [-0.1, -0.05) is 12.1 Å². The maximum Gasteiger partial charge on any atom is 0.205 e. The van der Waals surface area contributed by atoms with Gasteiger partial charge in [-0.25, -0.2) is 15.0 Å². The summed E-state index contributed by atoms with van der Waals surface area (Å²) < 4.78 is 7.36. The van der Waals surface area contributed by atoms with Crippen LogP contribution in [0.1, 0.15) is 51.1 Å². The van der Waals surface area contributed by atoms with Gasteiger partial charge in [-0.05, 0) is 63.6 Å². The maximum atomic E-state index is 9.80. The van der Waals surface area contributed by atoms with Crippen LogP contribution in [0.4, 0.5) is 11.8 Å². The zero-order valence-corrected chi connectivity index (χ0v) is 18.5. The summed E-state index contributed by atoms with van der Waals surface area (Å²) in [4.78, 5) is 13.9. The van der Waals surface area contributed by atoms with Crippen molar-refractivity contribution in [2.75, 3.05) is 24.3 Å². The van der Waals surface area contributed by atoms with Gasteiger partial charge in [0.25, 0.3) is 0 Å². The van der Waals surface area contributed by atoms with E-state index in [1.54, 1.807) is 13.4 Å². The van der Waals surface area contributed by atoms with Crippen LogP contribution >= 0.6 is 0 Å². The minimum atomic E-state index is -0.172. The average Bonchev–Trinajstić information content (AvgIpc) is 3.15. The Labute approximate surface area is 183 Å². The Kier molecular flexibility index (Phi) is 6.56. The second-order valence-corrected chi connectivity index (χ2v) is 8.47. The van der Waals surface area contributed by atoms with Crippen molar-refractivity contribution in [3.63, 3.8) is 0 Å². The van der Waals surface area contributed by atoms with Crippen LogP contribution in [0.25, 0.3) is 11.2 Å². The first-order valence-corrected chi connectivity index (χ1v) is 11.1. The number of anilines is 2. The molecule has 166 valence electrons. The van der Waals surface area contributed by atoms with Crippen LogP contribution in [0.3, 0.4) is 0 Å². The van der Waals surface area contributed by atoms with Crippen LogP contribution in [-0.2, 0) is 6.42 Å². The highest BCUT2D eigenvalue weighted by Gasteiger charge is 2.23. The zero-order valence-electron chi connectivity index (χ0n) is 18.5. The molecule has 0 amide bonds. The van der Waals surface area contributed by atoms with E-state index >= 15 is 0 Å². The lowest BCUT2D eigenvalue weighted by molar-refractivity contribution is 0.126. The topological polar surface area (TPSA) is 97.1 Å². The first-order chi connectivity index (χ1) is 15.0. The lowest BCUT2D eigenvalue weighted by Crippen LogP contribution is -2.29. The number of fused-ring (bicyclic) bond motifs is 1. The van der Waals surface area contributed by atoms with Crippen molar-refractivity contribution >= 4 is 22.9 Å². The third-order valence-electron chi connectivity index (χ3n) is 5.89. The van der Waals surface area contributed by atoms with Gasteiger partial charge in [0, 0.05) is 18.6 Å². The number of nitrogens with zero attached hydrogens (tertiary/aromatic N) is 4. The molecule has 8 heteroatoms. The second kappa shape index (κ2) is 9.51. The van der Waals surface area contributed by atoms with E-state index in [0.717, 1.165) is 67.3 Å². The predicted octanol–water partition coefficient (Wildman–Crippen LogP) is 3.79. The Morgan fingerprint density at radius 3 is 2.55 bits per heavy atom. The summed E-state index contributed by atoms with van der Waals surface area (Å²) in [6.45, 7) is 5.02. The lowest BCUT2D eigenvalue weighted by atomic mass is 9.93. The Hall–Kier alpha value is -2.87. The van der Waals surface area contributed by atoms with Crippen LogP contribution < -0.4 is 15.4 Å². The highest BCUT2D eigenvalue weighted by Crippen LogP contribution is 2.29. The molecular weight excluding hydrogens is 392 g/mol. The molecule has 4 rings (SSSR count). The molecule has 3 aromatic rings. The number of hydrogen-bond acceptors (Lipinski definition) is 7. The molecule has 31 heavy (non-hydrogen) atoms. The molecule has 0 bridgehead atoms. The summed E-state index contributed by atoms with van der Waals surface area (Å²) in [5.41, 5.74) is 2.84. The minimum absolute atomic E-state index is 0.172. The Balaban J connectivity index is 1.51. The molecule has 1 fully saturated rings. The quantitative estimate of drug-likeness (QED) is 0.506. The summed E-state index contributed by atoms with van der Waals surface area (Å²) in [5.74, 6) is 2.44. The van der Waals surface area contributed by atoms with Crippen molar-refractivity contribution in [3.8, 4) is 5.75 Å². The summed E-state index contributed by atoms with van der Waals surface area (Å²) in [7, 11) is 1.67. The number of aromatic nitrogens is 4. The highest BCUT2D eigenvalue weighted by atomic mass is 16.5. The van der Waals surface area contributed by atoms with Gasteiger partial charge in [-0.2, -0.15) is 0 Å². The number of rotatable bonds is 8. The van der Waals surface area contributed by atoms with Crippen molar-refractivity contribution in [2.24, 2.45) is 0 Å². The fourth-order valence-electron chi connectivity index (χ4n) is 4.15. The number of imidazole rings is 1. The third-order valence-corrected chi connectivity index (χ3v) is 5.89.